The lowest BCUT2D eigenvalue weighted by molar-refractivity contribution is 0.768. The molecule has 2 heteroatoms. The number of rotatable bonds is 6. The van der Waals surface area contributed by atoms with Crippen LogP contribution < -0.4 is 0 Å². The van der Waals surface area contributed by atoms with Crippen molar-refractivity contribution in [2.24, 2.45) is 0 Å². The van der Waals surface area contributed by atoms with Crippen LogP contribution in [0.1, 0.15) is 22.3 Å². The average molecular weight is 775 g/mol. The lowest BCUT2D eigenvalue weighted by atomic mass is 9.67. The number of aromatic nitrogens is 2. The Hall–Kier alpha value is -7.94. The zero-order valence-electron chi connectivity index (χ0n) is 33.3. The largest absolute Gasteiger partial charge is 0.228 e. The number of fused-ring (bicyclic) bond motifs is 7. The monoisotopic (exact) mass is 774 g/mol. The van der Waals surface area contributed by atoms with Crippen LogP contribution in [0.2, 0.25) is 0 Å². The maximum absolute atomic E-state index is 5.39. The van der Waals surface area contributed by atoms with Gasteiger partial charge in [-0.3, -0.25) is 0 Å². The van der Waals surface area contributed by atoms with Crippen molar-refractivity contribution >= 4 is 32.3 Å². The van der Waals surface area contributed by atoms with Crippen LogP contribution in [0.4, 0.5) is 0 Å². The SMILES string of the molecule is c1ccc(-c2nc(-c3ccc(-c4c5ccccc5cc5c4ccc4ccccc45)cc3)cc(-c3cccc4c3-c3ccccc3C4(c3ccccc3)c3ccccc3)n2)cc1. The summed E-state index contributed by atoms with van der Waals surface area (Å²) >= 11 is 0. The van der Waals surface area contributed by atoms with Gasteiger partial charge in [-0.2, -0.15) is 0 Å². The molecule has 0 radical (unpaired) electrons. The van der Waals surface area contributed by atoms with Crippen molar-refractivity contribution in [2.45, 2.75) is 5.41 Å². The van der Waals surface area contributed by atoms with Crippen molar-refractivity contribution in [1.29, 1.82) is 0 Å². The van der Waals surface area contributed by atoms with Crippen LogP contribution in [0.3, 0.4) is 0 Å². The zero-order chi connectivity index (χ0) is 40.3. The van der Waals surface area contributed by atoms with Gasteiger partial charge < -0.3 is 0 Å². The van der Waals surface area contributed by atoms with Gasteiger partial charge >= 0.3 is 0 Å². The van der Waals surface area contributed by atoms with Crippen LogP contribution in [0.15, 0.2) is 231 Å². The lowest BCUT2D eigenvalue weighted by Crippen LogP contribution is -2.28. The second kappa shape index (κ2) is 14.1. The van der Waals surface area contributed by atoms with Gasteiger partial charge in [0.2, 0.25) is 0 Å². The highest BCUT2D eigenvalue weighted by Gasteiger charge is 2.46. The summed E-state index contributed by atoms with van der Waals surface area (Å²) in [6.45, 7) is 0. The second-order valence-electron chi connectivity index (χ2n) is 16.0. The van der Waals surface area contributed by atoms with E-state index in [0.29, 0.717) is 5.82 Å². The van der Waals surface area contributed by atoms with Crippen LogP contribution in [-0.4, -0.2) is 9.97 Å². The molecule has 12 rings (SSSR count). The van der Waals surface area contributed by atoms with Crippen molar-refractivity contribution in [2.75, 3.05) is 0 Å². The van der Waals surface area contributed by atoms with Crippen LogP contribution in [0.25, 0.3) is 88.5 Å². The summed E-state index contributed by atoms with van der Waals surface area (Å²) in [7, 11) is 0. The van der Waals surface area contributed by atoms with E-state index in [1.165, 1.54) is 76.8 Å². The fourth-order valence-corrected chi connectivity index (χ4v) is 10.1. The first-order chi connectivity index (χ1) is 30.3. The summed E-state index contributed by atoms with van der Waals surface area (Å²) in [5.41, 5.74) is 14.2. The van der Waals surface area contributed by atoms with Crippen LogP contribution in [-0.2, 0) is 5.41 Å². The molecule has 1 aromatic heterocycles. The minimum Gasteiger partial charge on any atom is -0.228 e. The molecule has 0 N–H and O–H groups in total. The number of benzene rings is 10. The van der Waals surface area contributed by atoms with E-state index in [0.717, 1.165) is 28.1 Å². The minimum atomic E-state index is -0.503. The first-order valence-electron chi connectivity index (χ1n) is 21.0. The smallest absolute Gasteiger partial charge is 0.160 e. The quantitative estimate of drug-likeness (QED) is 0.124. The molecular formula is C59H38N2. The molecular weight excluding hydrogens is 737 g/mol. The molecule has 11 aromatic rings. The first kappa shape index (κ1) is 35.0. The number of nitrogens with zero attached hydrogens (tertiary/aromatic N) is 2. The highest BCUT2D eigenvalue weighted by Crippen LogP contribution is 2.58. The van der Waals surface area contributed by atoms with Gasteiger partial charge in [0, 0.05) is 16.7 Å². The third-order valence-electron chi connectivity index (χ3n) is 12.8. The minimum absolute atomic E-state index is 0.503. The molecule has 0 spiro atoms. The summed E-state index contributed by atoms with van der Waals surface area (Å²) in [6.07, 6.45) is 0. The molecule has 1 aliphatic rings. The van der Waals surface area contributed by atoms with Crippen molar-refractivity contribution in [3.63, 3.8) is 0 Å². The van der Waals surface area contributed by atoms with Crippen molar-refractivity contribution in [3.8, 4) is 56.2 Å². The van der Waals surface area contributed by atoms with Crippen molar-refractivity contribution < 1.29 is 0 Å². The molecule has 0 saturated carbocycles. The average Bonchev–Trinajstić information content (AvgIpc) is 3.65. The molecule has 0 aliphatic heterocycles. The predicted molar refractivity (Wildman–Crippen MR) is 254 cm³/mol. The zero-order valence-corrected chi connectivity index (χ0v) is 33.3. The Morgan fingerprint density at radius 1 is 0.295 bits per heavy atom. The summed E-state index contributed by atoms with van der Waals surface area (Å²) < 4.78 is 0. The predicted octanol–water partition coefficient (Wildman–Crippen LogP) is 15.0. The van der Waals surface area contributed by atoms with Gasteiger partial charge in [-0.15, -0.1) is 0 Å². The van der Waals surface area contributed by atoms with E-state index in [1.807, 2.05) is 6.07 Å². The second-order valence-corrected chi connectivity index (χ2v) is 16.0. The Morgan fingerprint density at radius 3 is 1.62 bits per heavy atom. The number of hydrogen-bond donors (Lipinski definition) is 0. The fourth-order valence-electron chi connectivity index (χ4n) is 10.1. The Labute approximate surface area is 355 Å². The molecule has 0 amide bonds. The Balaban J connectivity index is 1.06. The van der Waals surface area contributed by atoms with Crippen molar-refractivity contribution in [3.05, 3.63) is 253 Å². The topological polar surface area (TPSA) is 25.8 Å². The van der Waals surface area contributed by atoms with Gasteiger partial charge in [-0.25, -0.2) is 9.97 Å². The van der Waals surface area contributed by atoms with E-state index in [9.17, 15) is 0 Å². The maximum Gasteiger partial charge on any atom is 0.160 e. The summed E-state index contributed by atoms with van der Waals surface area (Å²) in [5, 5.41) is 7.52. The molecule has 61 heavy (non-hydrogen) atoms. The van der Waals surface area contributed by atoms with Gasteiger partial charge in [0.25, 0.3) is 0 Å². The molecule has 10 aromatic carbocycles. The van der Waals surface area contributed by atoms with E-state index in [4.69, 9.17) is 9.97 Å². The Bertz CT molecular complexity index is 3410. The molecule has 1 heterocycles. The van der Waals surface area contributed by atoms with Gasteiger partial charge in [0.15, 0.2) is 5.82 Å². The molecule has 2 nitrogen and oxygen atoms in total. The van der Waals surface area contributed by atoms with Crippen LogP contribution in [0.5, 0.6) is 0 Å². The van der Waals surface area contributed by atoms with E-state index >= 15 is 0 Å². The van der Waals surface area contributed by atoms with Gasteiger partial charge in [-0.1, -0.05) is 218 Å². The summed E-state index contributed by atoms with van der Waals surface area (Å²) in [5.74, 6) is 0.699. The molecule has 0 bridgehead atoms. The van der Waals surface area contributed by atoms with Gasteiger partial charge in [0.1, 0.15) is 0 Å². The normalized spacial score (nSPS) is 12.7. The highest BCUT2D eigenvalue weighted by molar-refractivity contribution is 6.20. The summed E-state index contributed by atoms with van der Waals surface area (Å²) in [4.78, 5) is 10.7. The van der Waals surface area contributed by atoms with E-state index in [-0.39, 0.29) is 0 Å². The van der Waals surface area contributed by atoms with E-state index in [2.05, 4.69) is 224 Å². The number of hydrogen-bond acceptors (Lipinski definition) is 2. The fraction of sp³-hybridized carbons (Fsp3) is 0.0169. The summed E-state index contributed by atoms with van der Waals surface area (Å²) in [6, 6.07) is 83.5. The first-order valence-corrected chi connectivity index (χ1v) is 21.0. The molecule has 0 fully saturated rings. The van der Waals surface area contributed by atoms with E-state index < -0.39 is 5.41 Å². The molecule has 284 valence electrons. The standard InChI is InChI=1S/C59H38N2/c1-4-18-42(19-5-1)58-60-54(40-31-33-41(34-32-40)56-47-26-13-11-20-43(47)37-51-46-25-12-10-17-39(46)35-36-48(51)56)38-55(61-58)50-28-16-30-53-57(50)49-27-14-15-29-52(49)59(53,44-21-6-2-7-22-44)45-23-8-3-9-24-45/h1-38H. The Kier molecular flexibility index (Phi) is 8.11. The third-order valence-corrected chi connectivity index (χ3v) is 12.8. The maximum atomic E-state index is 5.39. The molecule has 1 aliphatic carbocycles. The van der Waals surface area contributed by atoms with Gasteiger partial charge in [0.05, 0.1) is 16.8 Å². The van der Waals surface area contributed by atoms with Crippen LogP contribution in [0, 0.1) is 0 Å². The van der Waals surface area contributed by atoms with Crippen molar-refractivity contribution in [1.82, 2.24) is 9.97 Å². The Morgan fingerprint density at radius 2 is 0.869 bits per heavy atom. The third kappa shape index (κ3) is 5.50. The molecule has 0 unspecified atom stereocenters. The molecule has 0 atom stereocenters. The van der Waals surface area contributed by atoms with Gasteiger partial charge in [-0.05, 0) is 89.0 Å². The molecule has 0 saturated heterocycles. The van der Waals surface area contributed by atoms with Crippen LogP contribution >= 0.6 is 0 Å². The highest BCUT2D eigenvalue weighted by atomic mass is 14.9. The lowest BCUT2D eigenvalue weighted by Gasteiger charge is -2.33. The van der Waals surface area contributed by atoms with E-state index in [1.54, 1.807) is 0 Å².